The van der Waals surface area contributed by atoms with Gasteiger partial charge in [-0.05, 0) is 57.2 Å². The van der Waals surface area contributed by atoms with Crippen LogP contribution in [0.5, 0.6) is 0 Å². The zero-order valence-corrected chi connectivity index (χ0v) is 18.7. The van der Waals surface area contributed by atoms with Crippen molar-refractivity contribution < 1.29 is 19.1 Å². The highest BCUT2D eigenvalue weighted by Crippen LogP contribution is 2.26. The summed E-state index contributed by atoms with van der Waals surface area (Å²) >= 11 is 0. The van der Waals surface area contributed by atoms with E-state index < -0.39 is 5.97 Å². The highest BCUT2D eigenvalue weighted by Gasteiger charge is 2.28. The number of nitrogens with zero attached hydrogens (tertiary/aromatic N) is 1. The van der Waals surface area contributed by atoms with Crippen LogP contribution >= 0.6 is 0 Å². The van der Waals surface area contributed by atoms with Crippen LogP contribution < -0.4 is 0 Å². The molecule has 1 saturated carbocycles. The van der Waals surface area contributed by atoms with Gasteiger partial charge in [-0.25, -0.2) is 4.79 Å². The fourth-order valence-corrected chi connectivity index (χ4v) is 4.49. The van der Waals surface area contributed by atoms with Crippen molar-refractivity contribution in [2.75, 3.05) is 19.7 Å². The van der Waals surface area contributed by atoms with E-state index >= 15 is 0 Å². The maximum atomic E-state index is 13.3. The zero-order valence-electron chi connectivity index (χ0n) is 18.7. The van der Waals surface area contributed by atoms with Crippen LogP contribution in [0.1, 0.15) is 81.5 Å². The molecule has 1 aliphatic carbocycles. The number of ketones is 1. The van der Waals surface area contributed by atoms with E-state index in [2.05, 4.69) is 4.98 Å². The third-order valence-electron chi connectivity index (χ3n) is 6.04. The molecule has 0 spiro atoms. The van der Waals surface area contributed by atoms with E-state index in [0.717, 1.165) is 12.8 Å². The number of aromatic nitrogens is 1. The number of nitrogens with one attached hydrogen (secondary N) is 1. The first kappa shape index (κ1) is 22.8. The number of hydrogen-bond acceptors (Lipinski definition) is 4. The van der Waals surface area contributed by atoms with Crippen LogP contribution in [0.15, 0.2) is 30.3 Å². The maximum Gasteiger partial charge on any atom is 0.355 e. The molecule has 0 bridgehead atoms. The van der Waals surface area contributed by atoms with Gasteiger partial charge in [0.15, 0.2) is 5.78 Å². The predicted octanol–water partition coefficient (Wildman–Crippen LogP) is 4.71. The van der Waals surface area contributed by atoms with Gasteiger partial charge in [0.05, 0.1) is 13.2 Å². The Bertz CT molecular complexity index is 926. The minimum Gasteiger partial charge on any atom is -0.461 e. The molecule has 1 heterocycles. The number of H-pyrrole nitrogens is 1. The number of Topliss-reactive ketones (excluding diaryl/α,β-unsaturated/α-hetero) is 1. The SMILES string of the molecule is CCOC(=O)c1[nH]c(C)c(C(=O)CN(CC2CCCCC2)C(=O)c2ccccc2)c1C. The Morgan fingerprint density at radius 3 is 2.39 bits per heavy atom. The van der Waals surface area contributed by atoms with Gasteiger partial charge in [0.25, 0.3) is 5.91 Å². The lowest BCUT2D eigenvalue weighted by atomic mass is 9.88. The van der Waals surface area contributed by atoms with E-state index in [1.165, 1.54) is 19.3 Å². The Morgan fingerprint density at radius 1 is 1.06 bits per heavy atom. The Balaban J connectivity index is 1.84. The Hall–Kier alpha value is -2.89. The predicted molar refractivity (Wildman–Crippen MR) is 119 cm³/mol. The van der Waals surface area contributed by atoms with Gasteiger partial charge in [0.1, 0.15) is 5.69 Å². The molecular weight excluding hydrogens is 392 g/mol. The van der Waals surface area contributed by atoms with E-state index in [-0.39, 0.29) is 24.8 Å². The summed E-state index contributed by atoms with van der Waals surface area (Å²) in [6.07, 6.45) is 5.75. The highest BCUT2D eigenvalue weighted by molar-refractivity contribution is 6.05. The fraction of sp³-hybridized carbons (Fsp3) is 0.480. The molecule has 1 amide bonds. The first-order valence-corrected chi connectivity index (χ1v) is 11.2. The van der Waals surface area contributed by atoms with Crippen molar-refractivity contribution in [3.63, 3.8) is 0 Å². The van der Waals surface area contributed by atoms with Crippen molar-refractivity contribution in [2.24, 2.45) is 5.92 Å². The number of rotatable bonds is 8. The Kier molecular flexibility index (Phi) is 7.66. The summed E-state index contributed by atoms with van der Waals surface area (Å²) in [5.74, 6) is -0.350. The molecule has 31 heavy (non-hydrogen) atoms. The summed E-state index contributed by atoms with van der Waals surface area (Å²) in [7, 11) is 0. The number of amides is 1. The summed E-state index contributed by atoms with van der Waals surface area (Å²) in [5.41, 5.74) is 2.55. The smallest absolute Gasteiger partial charge is 0.355 e. The van der Waals surface area contributed by atoms with Crippen LogP contribution in [0.3, 0.4) is 0 Å². The Labute approximate surface area is 184 Å². The number of esters is 1. The molecule has 1 aromatic heterocycles. The molecule has 0 atom stereocenters. The monoisotopic (exact) mass is 424 g/mol. The van der Waals surface area contributed by atoms with Gasteiger partial charge in [-0.3, -0.25) is 9.59 Å². The lowest BCUT2D eigenvalue weighted by Crippen LogP contribution is -2.40. The van der Waals surface area contributed by atoms with E-state index in [1.807, 2.05) is 18.2 Å². The molecule has 1 aromatic carbocycles. The van der Waals surface area contributed by atoms with Crippen LogP contribution in [-0.2, 0) is 4.74 Å². The molecule has 1 aliphatic rings. The van der Waals surface area contributed by atoms with Crippen LogP contribution in [0.4, 0.5) is 0 Å². The lowest BCUT2D eigenvalue weighted by molar-refractivity contribution is 0.0519. The standard InChI is InChI=1S/C25H32N2O4/c1-4-31-25(30)23-17(2)22(18(3)26-23)21(28)16-27(15-19-11-7-5-8-12-19)24(29)20-13-9-6-10-14-20/h6,9-10,13-14,19,26H,4-5,7-8,11-12,15-16H2,1-3H3. The number of aromatic amines is 1. The molecule has 166 valence electrons. The average molecular weight is 425 g/mol. The zero-order chi connectivity index (χ0) is 22.4. The second-order valence-corrected chi connectivity index (χ2v) is 8.32. The molecule has 3 rings (SSSR count). The first-order chi connectivity index (χ1) is 14.9. The molecule has 1 N–H and O–H groups in total. The van der Waals surface area contributed by atoms with Crippen molar-refractivity contribution in [3.8, 4) is 0 Å². The van der Waals surface area contributed by atoms with Gasteiger partial charge in [0.2, 0.25) is 0 Å². The molecule has 2 aromatic rings. The molecule has 0 radical (unpaired) electrons. The summed E-state index contributed by atoms with van der Waals surface area (Å²) in [6, 6.07) is 9.11. The van der Waals surface area contributed by atoms with E-state index in [1.54, 1.807) is 37.8 Å². The van der Waals surface area contributed by atoms with Gasteiger partial charge >= 0.3 is 5.97 Å². The van der Waals surface area contributed by atoms with Crippen molar-refractivity contribution in [1.82, 2.24) is 9.88 Å². The largest absolute Gasteiger partial charge is 0.461 e. The summed E-state index contributed by atoms with van der Waals surface area (Å²) in [6.45, 7) is 6.09. The van der Waals surface area contributed by atoms with Crippen LogP contribution in [0.25, 0.3) is 0 Å². The molecule has 0 saturated heterocycles. The number of benzene rings is 1. The van der Waals surface area contributed by atoms with E-state index in [0.29, 0.717) is 40.5 Å². The minimum atomic E-state index is -0.471. The van der Waals surface area contributed by atoms with Gasteiger partial charge < -0.3 is 14.6 Å². The topological polar surface area (TPSA) is 79.5 Å². The number of carbonyl (C=O) groups excluding carboxylic acids is 3. The minimum absolute atomic E-state index is 0.00791. The van der Waals surface area contributed by atoms with Gasteiger partial charge in [-0.15, -0.1) is 0 Å². The molecule has 6 heteroatoms. The quantitative estimate of drug-likeness (QED) is 0.491. The highest BCUT2D eigenvalue weighted by atomic mass is 16.5. The van der Waals surface area contributed by atoms with E-state index in [4.69, 9.17) is 4.74 Å². The average Bonchev–Trinajstić information content (AvgIpc) is 3.08. The van der Waals surface area contributed by atoms with Crippen LogP contribution in [-0.4, -0.2) is 47.2 Å². The number of ether oxygens (including phenoxy) is 1. The first-order valence-electron chi connectivity index (χ1n) is 11.2. The second-order valence-electron chi connectivity index (χ2n) is 8.32. The van der Waals surface area contributed by atoms with Crippen LogP contribution in [0.2, 0.25) is 0 Å². The second kappa shape index (κ2) is 10.4. The molecule has 6 nitrogen and oxygen atoms in total. The number of aryl methyl sites for hydroxylation is 1. The molecule has 1 fully saturated rings. The van der Waals surface area contributed by atoms with Crippen molar-refractivity contribution >= 4 is 17.7 Å². The molecular formula is C25H32N2O4. The molecule has 0 aliphatic heterocycles. The maximum absolute atomic E-state index is 13.3. The lowest BCUT2D eigenvalue weighted by Gasteiger charge is -2.29. The van der Waals surface area contributed by atoms with Gasteiger partial charge in [0, 0.05) is 23.4 Å². The Morgan fingerprint density at radius 2 is 1.74 bits per heavy atom. The number of hydrogen-bond donors (Lipinski definition) is 1. The summed E-state index contributed by atoms with van der Waals surface area (Å²) < 4.78 is 5.09. The van der Waals surface area contributed by atoms with Crippen molar-refractivity contribution in [1.29, 1.82) is 0 Å². The third-order valence-corrected chi connectivity index (χ3v) is 6.04. The molecule has 0 unspecified atom stereocenters. The van der Waals surface area contributed by atoms with Gasteiger partial charge in [-0.2, -0.15) is 0 Å². The van der Waals surface area contributed by atoms with Crippen molar-refractivity contribution in [3.05, 3.63) is 58.4 Å². The summed E-state index contributed by atoms with van der Waals surface area (Å²) in [5, 5.41) is 0. The van der Waals surface area contributed by atoms with Crippen molar-refractivity contribution in [2.45, 2.75) is 52.9 Å². The van der Waals surface area contributed by atoms with E-state index in [9.17, 15) is 14.4 Å². The van der Waals surface area contributed by atoms with Gasteiger partial charge in [-0.1, -0.05) is 37.5 Å². The fourth-order valence-electron chi connectivity index (χ4n) is 4.49. The summed E-state index contributed by atoms with van der Waals surface area (Å²) in [4.78, 5) is 43.4. The van der Waals surface area contributed by atoms with Crippen LogP contribution in [0, 0.1) is 19.8 Å². The number of carbonyl (C=O) groups is 3. The normalized spacial score (nSPS) is 14.3. The third kappa shape index (κ3) is 5.43.